The molecule has 5 atom stereocenters. The minimum Gasteiger partial charge on any atom is -0.504 e. The highest BCUT2D eigenvalue weighted by Gasteiger charge is 2.74. The van der Waals surface area contributed by atoms with Gasteiger partial charge in [-0.15, -0.1) is 0 Å². The highest BCUT2D eigenvalue weighted by molar-refractivity contribution is 5.92. The molecule has 2 fully saturated rings. The van der Waals surface area contributed by atoms with Gasteiger partial charge in [-0.25, -0.2) is 0 Å². The predicted octanol–water partition coefficient (Wildman–Crippen LogP) is 3.92. The van der Waals surface area contributed by atoms with E-state index < -0.39 is 17.1 Å². The summed E-state index contributed by atoms with van der Waals surface area (Å²) < 4.78 is 11.6. The van der Waals surface area contributed by atoms with Gasteiger partial charge in [0.1, 0.15) is 11.7 Å². The molecule has 7 heteroatoms. The average molecular weight is 527 g/mol. The summed E-state index contributed by atoms with van der Waals surface area (Å²) in [6.07, 6.45) is 9.83. The maximum absolute atomic E-state index is 13.5. The number of likely N-dealkylation sites (N-methyl/N-ethyl adjacent to an activating group) is 1. The lowest BCUT2D eigenvalue weighted by Gasteiger charge is -2.66. The third-order valence-electron chi connectivity index (χ3n) is 9.87. The standard InChI is InChI=1S/C32H34N2O5/c1-33(28(36)12-7-22-14-18-38-20-22)25-10-11-27-31-15-17-34(16-13-21-5-3-2-4-6-21)26(32(25,31)37)19-23-8-9-24(35)30(39-27)29(23)31/h2-9,12,14,18,20,25-27,35,37H,10-11,13,15-17,19H2,1H3/b12-7+/t25-,26-,27+,31-,32-/m1/s1. The molecule has 2 aliphatic heterocycles. The topological polar surface area (TPSA) is 86.4 Å². The number of hydrogen-bond acceptors (Lipinski definition) is 6. The van der Waals surface area contributed by atoms with Crippen LogP contribution < -0.4 is 4.74 Å². The van der Waals surface area contributed by atoms with Crippen LogP contribution in [-0.4, -0.2) is 69.8 Å². The second-order valence-corrected chi connectivity index (χ2v) is 11.5. The Morgan fingerprint density at radius 1 is 1.18 bits per heavy atom. The van der Waals surface area contributed by atoms with E-state index in [9.17, 15) is 15.0 Å². The van der Waals surface area contributed by atoms with Crippen molar-refractivity contribution in [3.05, 3.63) is 89.4 Å². The molecule has 2 aromatic carbocycles. The molecule has 2 aliphatic carbocycles. The number of likely N-dealkylation sites (tertiary alicyclic amines) is 1. The first-order chi connectivity index (χ1) is 18.9. The molecule has 3 heterocycles. The maximum Gasteiger partial charge on any atom is 0.246 e. The Bertz CT molecular complexity index is 1420. The van der Waals surface area contributed by atoms with E-state index in [2.05, 4.69) is 29.2 Å². The van der Waals surface area contributed by atoms with Gasteiger partial charge in [-0.05, 0) is 68.0 Å². The predicted molar refractivity (Wildman–Crippen MR) is 147 cm³/mol. The Kier molecular flexibility index (Phi) is 5.65. The maximum atomic E-state index is 13.5. The molecule has 7 nitrogen and oxygen atoms in total. The summed E-state index contributed by atoms with van der Waals surface area (Å²) in [7, 11) is 1.81. The van der Waals surface area contributed by atoms with Gasteiger partial charge in [0.05, 0.1) is 24.0 Å². The summed E-state index contributed by atoms with van der Waals surface area (Å²) in [4.78, 5) is 17.6. The Morgan fingerprint density at radius 3 is 2.82 bits per heavy atom. The van der Waals surface area contributed by atoms with Gasteiger partial charge in [0.25, 0.3) is 0 Å². The van der Waals surface area contributed by atoms with E-state index in [4.69, 9.17) is 9.15 Å². The number of carbonyl (C=O) groups excluding carboxylic acids is 1. The molecule has 7 rings (SSSR count). The largest absolute Gasteiger partial charge is 0.504 e. The molecule has 1 aromatic heterocycles. The lowest BCUT2D eigenvalue weighted by molar-refractivity contribution is -0.216. The van der Waals surface area contributed by atoms with Crippen molar-refractivity contribution in [2.75, 3.05) is 20.1 Å². The molecule has 0 radical (unpaired) electrons. The Balaban J connectivity index is 1.29. The fourth-order valence-corrected chi connectivity index (χ4v) is 8.12. The molecule has 1 saturated heterocycles. The van der Waals surface area contributed by atoms with Crippen LogP contribution in [-0.2, 0) is 23.1 Å². The summed E-state index contributed by atoms with van der Waals surface area (Å²) in [5.74, 6) is 0.509. The molecule has 0 unspecified atom stereocenters. The second-order valence-electron chi connectivity index (χ2n) is 11.5. The summed E-state index contributed by atoms with van der Waals surface area (Å²) in [5, 5.41) is 23.9. The number of phenols is 1. The summed E-state index contributed by atoms with van der Waals surface area (Å²) in [6.45, 7) is 1.66. The molecule has 3 aromatic rings. The first kappa shape index (κ1) is 24.5. The molecular formula is C32H34N2O5. The van der Waals surface area contributed by atoms with Gasteiger partial charge in [-0.2, -0.15) is 0 Å². The fourth-order valence-electron chi connectivity index (χ4n) is 8.12. The van der Waals surface area contributed by atoms with Crippen LogP contribution in [0.3, 0.4) is 0 Å². The smallest absolute Gasteiger partial charge is 0.246 e. The van der Waals surface area contributed by atoms with Crippen molar-refractivity contribution in [1.29, 1.82) is 0 Å². The number of piperidine rings is 1. The van der Waals surface area contributed by atoms with Crippen LogP contribution in [0.15, 0.2) is 71.6 Å². The van der Waals surface area contributed by atoms with Crippen LogP contribution in [0.25, 0.3) is 6.08 Å². The van der Waals surface area contributed by atoms with Crippen molar-refractivity contribution in [2.45, 2.75) is 61.3 Å². The summed E-state index contributed by atoms with van der Waals surface area (Å²) in [5.41, 5.74) is 2.29. The zero-order valence-corrected chi connectivity index (χ0v) is 22.1. The van der Waals surface area contributed by atoms with Crippen LogP contribution in [0.1, 0.15) is 41.5 Å². The van der Waals surface area contributed by atoms with Crippen LogP contribution >= 0.6 is 0 Å². The average Bonchev–Trinajstić information content (AvgIpc) is 3.58. The molecular weight excluding hydrogens is 492 g/mol. The van der Waals surface area contributed by atoms with Crippen LogP contribution in [0, 0.1) is 0 Å². The number of carbonyl (C=O) groups is 1. The molecule has 4 aliphatic rings. The van der Waals surface area contributed by atoms with E-state index in [0.717, 1.165) is 36.2 Å². The molecule has 2 N–H and O–H groups in total. The number of ether oxygens (including phenoxy) is 1. The van der Waals surface area contributed by atoms with Gasteiger partial charge in [0.15, 0.2) is 11.5 Å². The molecule has 1 amide bonds. The third-order valence-corrected chi connectivity index (χ3v) is 9.87. The van der Waals surface area contributed by atoms with Crippen LogP contribution in [0.2, 0.25) is 0 Å². The molecule has 39 heavy (non-hydrogen) atoms. The van der Waals surface area contributed by atoms with E-state index in [-0.39, 0.29) is 23.8 Å². The minimum atomic E-state index is -1.23. The highest BCUT2D eigenvalue weighted by Crippen LogP contribution is 2.65. The number of nitrogens with zero attached hydrogens (tertiary/aromatic N) is 2. The number of aliphatic hydroxyl groups is 1. The van der Waals surface area contributed by atoms with E-state index >= 15 is 0 Å². The first-order valence-corrected chi connectivity index (χ1v) is 13.9. The van der Waals surface area contributed by atoms with Gasteiger partial charge in [-0.3, -0.25) is 9.69 Å². The Morgan fingerprint density at radius 2 is 2.03 bits per heavy atom. The number of phenolic OH excluding ortho intramolecular Hbond substituents is 1. The number of aromatic hydroxyl groups is 1. The highest BCUT2D eigenvalue weighted by atomic mass is 16.5. The SMILES string of the molecule is CN(C(=O)/C=C/c1ccoc1)[C@@H]1CC[C@@H]2Oc3c(O)ccc4c3[C@@]23CCN(CCc2ccccc2)[C@H](C4)[C@]13O. The van der Waals surface area contributed by atoms with Crippen molar-refractivity contribution in [2.24, 2.45) is 0 Å². The zero-order valence-electron chi connectivity index (χ0n) is 22.1. The zero-order chi connectivity index (χ0) is 26.8. The van der Waals surface area contributed by atoms with Gasteiger partial charge >= 0.3 is 0 Å². The van der Waals surface area contributed by atoms with E-state index in [0.29, 0.717) is 31.4 Å². The minimum absolute atomic E-state index is 0.133. The quantitative estimate of drug-likeness (QED) is 0.474. The number of hydrogen-bond donors (Lipinski definition) is 2. The van der Waals surface area contributed by atoms with Crippen LogP contribution in [0.4, 0.5) is 0 Å². The second kappa shape index (κ2) is 9.00. The Labute approximate surface area is 228 Å². The van der Waals surface area contributed by atoms with Gasteiger partial charge in [-0.1, -0.05) is 36.4 Å². The number of benzene rings is 2. The normalized spacial score (nSPS) is 30.7. The summed E-state index contributed by atoms with van der Waals surface area (Å²) in [6, 6.07) is 15.4. The summed E-state index contributed by atoms with van der Waals surface area (Å²) >= 11 is 0. The molecule has 1 spiro atoms. The van der Waals surface area contributed by atoms with Crippen molar-refractivity contribution in [3.63, 3.8) is 0 Å². The monoisotopic (exact) mass is 526 g/mol. The van der Waals surface area contributed by atoms with Crippen molar-refractivity contribution < 1.29 is 24.2 Å². The van der Waals surface area contributed by atoms with Crippen molar-refractivity contribution in [1.82, 2.24) is 9.80 Å². The third kappa shape index (κ3) is 3.46. The number of amides is 1. The van der Waals surface area contributed by atoms with E-state index in [1.54, 1.807) is 48.8 Å². The molecule has 1 saturated carbocycles. The lowest BCUT2D eigenvalue weighted by atomic mass is 9.47. The van der Waals surface area contributed by atoms with E-state index in [1.165, 1.54) is 5.56 Å². The number of furan rings is 1. The van der Waals surface area contributed by atoms with Gasteiger partial charge < -0.3 is 24.3 Å². The lowest BCUT2D eigenvalue weighted by Crippen LogP contribution is -2.81. The fraction of sp³-hybridized carbons (Fsp3) is 0.406. The molecule has 202 valence electrons. The van der Waals surface area contributed by atoms with Crippen molar-refractivity contribution in [3.8, 4) is 11.5 Å². The number of rotatable bonds is 6. The van der Waals surface area contributed by atoms with Crippen molar-refractivity contribution >= 4 is 12.0 Å². The van der Waals surface area contributed by atoms with Crippen LogP contribution in [0.5, 0.6) is 11.5 Å². The first-order valence-electron chi connectivity index (χ1n) is 13.9. The van der Waals surface area contributed by atoms with Gasteiger partial charge in [0.2, 0.25) is 5.91 Å². The van der Waals surface area contributed by atoms with E-state index in [1.807, 2.05) is 12.1 Å². The van der Waals surface area contributed by atoms with Gasteiger partial charge in [0, 0.05) is 36.8 Å². The Hall–Kier alpha value is -3.55. The molecule has 2 bridgehead atoms.